The van der Waals surface area contributed by atoms with E-state index in [-0.39, 0.29) is 0 Å². The molecule has 0 aromatic carbocycles. The Hall–Kier alpha value is 0.120. The van der Waals surface area contributed by atoms with Crippen LogP contribution in [0.15, 0.2) is 0 Å². The molecule has 0 radical (unpaired) electrons. The lowest BCUT2D eigenvalue weighted by Crippen LogP contribution is -2.57. The van der Waals surface area contributed by atoms with Gasteiger partial charge in [0.1, 0.15) is 0 Å². The van der Waals surface area contributed by atoms with Gasteiger partial charge in [0, 0.05) is 32.2 Å². The summed E-state index contributed by atoms with van der Waals surface area (Å²) in [6, 6.07) is 0. The molecule has 1 N–H and O–H groups in total. The van der Waals surface area contributed by atoms with Gasteiger partial charge in [-0.3, -0.25) is 0 Å². The lowest BCUT2D eigenvalue weighted by atomic mass is 9.94. The van der Waals surface area contributed by atoms with Gasteiger partial charge in [-0.1, -0.05) is 12.8 Å². The van der Waals surface area contributed by atoms with Crippen LogP contribution in [0.4, 0.5) is 0 Å². The van der Waals surface area contributed by atoms with Gasteiger partial charge in [-0.2, -0.15) is 17.4 Å². The van der Waals surface area contributed by atoms with E-state index >= 15 is 0 Å². The van der Waals surface area contributed by atoms with Crippen molar-refractivity contribution in [3.63, 3.8) is 0 Å². The summed E-state index contributed by atoms with van der Waals surface area (Å²) in [6.45, 7) is 2.36. The van der Waals surface area contributed by atoms with E-state index in [1.165, 1.54) is 0 Å². The number of alkyl halides is 1. The van der Waals surface area contributed by atoms with Crippen molar-refractivity contribution in [3.8, 4) is 0 Å². The molecule has 0 saturated carbocycles. The van der Waals surface area contributed by atoms with Gasteiger partial charge in [0.2, 0.25) is 0 Å². The summed E-state index contributed by atoms with van der Waals surface area (Å²) in [7, 11) is -3.43. The second-order valence-corrected chi connectivity index (χ2v) is 7.38. The number of ether oxygens (including phenoxy) is 1. The maximum absolute atomic E-state index is 12.5. The SMILES string of the molecule is O=S(=O)(NC1(CCl)CCOCC1)N1CCCCCC1. The Morgan fingerprint density at radius 2 is 1.68 bits per heavy atom. The molecule has 0 bridgehead atoms. The smallest absolute Gasteiger partial charge is 0.279 e. The maximum atomic E-state index is 12.5. The van der Waals surface area contributed by atoms with Crippen LogP contribution in [0.2, 0.25) is 0 Å². The van der Waals surface area contributed by atoms with Crippen LogP contribution in [0, 0.1) is 0 Å². The highest BCUT2D eigenvalue weighted by atomic mass is 35.5. The zero-order valence-corrected chi connectivity index (χ0v) is 12.8. The molecule has 0 amide bonds. The minimum absolute atomic E-state index is 0.295. The second-order valence-electron chi connectivity index (χ2n) is 5.45. The molecule has 2 fully saturated rings. The topological polar surface area (TPSA) is 58.6 Å². The van der Waals surface area contributed by atoms with Crippen molar-refractivity contribution < 1.29 is 13.2 Å². The standard InChI is InChI=1S/C12H23ClN2O3S/c13-11-12(5-9-18-10-6-12)14-19(16,17)15-7-3-1-2-4-8-15/h14H,1-11H2. The minimum Gasteiger partial charge on any atom is -0.381 e. The van der Waals surface area contributed by atoms with Gasteiger partial charge in [-0.25, -0.2) is 0 Å². The first kappa shape index (κ1) is 15.5. The van der Waals surface area contributed by atoms with Gasteiger partial charge < -0.3 is 4.74 Å². The second kappa shape index (κ2) is 6.72. The molecule has 2 heterocycles. The van der Waals surface area contributed by atoms with Crippen molar-refractivity contribution in [1.29, 1.82) is 0 Å². The summed E-state index contributed by atoms with van der Waals surface area (Å²) in [6.07, 6.45) is 5.39. The summed E-state index contributed by atoms with van der Waals surface area (Å²) in [5.41, 5.74) is -0.537. The van der Waals surface area contributed by atoms with Crippen LogP contribution >= 0.6 is 11.6 Å². The number of rotatable bonds is 4. The molecule has 0 aliphatic carbocycles. The summed E-state index contributed by atoms with van der Waals surface area (Å²) >= 11 is 6.01. The Kier molecular flexibility index (Phi) is 5.48. The van der Waals surface area contributed by atoms with Gasteiger partial charge in [-0.05, 0) is 25.7 Å². The zero-order valence-electron chi connectivity index (χ0n) is 11.2. The summed E-state index contributed by atoms with van der Waals surface area (Å²) in [5, 5.41) is 0. The number of nitrogens with zero attached hydrogens (tertiary/aromatic N) is 1. The van der Waals surface area contributed by atoms with Crippen molar-refractivity contribution in [2.24, 2.45) is 0 Å². The minimum atomic E-state index is -3.43. The predicted octanol–water partition coefficient (Wildman–Crippen LogP) is 1.48. The Labute approximate surface area is 120 Å². The Morgan fingerprint density at radius 1 is 1.11 bits per heavy atom. The van der Waals surface area contributed by atoms with Gasteiger partial charge >= 0.3 is 0 Å². The van der Waals surface area contributed by atoms with Gasteiger partial charge in [-0.15, -0.1) is 11.6 Å². The van der Waals surface area contributed by atoms with Gasteiger partial charge in [0.15, 0.2) is 0 Å². The van der Waals surface area contributed by atoms with E-state index in [1.807, 2.05) is 0 Å². The average molecular weight is 311 g/mol. The van der Waals surface area contributed by atoms with Crippen LogP contribution in [0.25, 0.3) is 0 Å². The molecule has 0 spiro atoms. The van der Waals surface area contributed by atoms with E-state index in [2.05, 4.69) is 4.72 Å². The monoisotopic (exact) mass is 310 g/mol. The summed E-state index contributed by atoms with van der Waals surface area (Å²) in [5.74, 6) is 0.295. The fraction of sp³-hybridized carbons (Fsp3) is 1.00. The number of nitrogens with one attached hydrogen (secondary N) is 1. The Balaban J connectivity index is 2.05. The van der Waals surface area contributed by atoms with Crippen molar-refractivity contribution in [2.75, 3.05) is 32.2 Å². The molecule has 2 saturated heterocycles. The van der Waals surface area contributed by atoms with E-state index in [9.17, 15) is 8.42 Å². The molecule has 0 atom stereocenters. The molecule has 0 aromatic rings. The lowest BCUT2D eigenvalue weighted by Gasteiger charge is -2.37. The lowest BCUT2D eigenvalue weighted by molar-refractivity contribution is 0.0543. The van der Waals surface area contributed by atoms with Crippen molar-refractivity contribution >= 4 is 21.8 Å². The van der Waals surface area contributed by atoms with E-state index in [0.29, 0.717) is 45.0 Å². The van der Waals surface area contributed by atoms with Crippen LogP contribution in [-0.4, -0.2) is 50.4 Å². The quantitative estimate of drug-likeness (QED) is 0.800. The fourth-order valence-electron chi connectivity index (χ4n) is 2.65. The van der Waals surface area contributed by atoms with Gasteiger partial charge in [0.05, 0.1) is 5.54 Å². The molecule has 112 valence electrons. The first-order valence-electron chi connectivity index (χ1n) is 7.01. The number of hydrogen-bond donors (Lipinski definition) is 1. The van der Waals surface area contributed by atoms with Crippen LogP contribution in [-0.2, 0) is 14.9 Å². The van der Waals surface area contributed by atoms with E-state index in [4.69, 9.17) is 16.3 Å². The summed E-state index contributed by atoms with van der Waals surface area (Å²) in [4.78, 5) is 0. The van der Waals surface area contributed by atoms with Crippen LogP contribution in [0.3, 0.4) is 0 Å². The molecule has 2 aliphatic heterocycles. The normalized spacial score (nSPS) is 25.9. The molecule has 0 aromatic heterocycles. The van der Waals surface area contributed by atoms with Crippen molar-refractivity contribution in [2.45, 2.75) is 44.1 Å². The highest BCUT2D eigenvalue weighted by Crippen LogP contribution is 2.24. The van der Waals surface area contributed by atoms with Crippen molar-refractivity contribution in [3.05, 3.63) is 0 Å². The highest BCUT2D eigenvalue weighted by molar-refractivity contribution is 7.87. The Bertz CT molecular complexity index is 374. The third-order valence-corrected chi connectivity index (χ3v) is 6.20. The van der Waals surface area contributed by atoms with E-state index in [1.54, 1.807) is 4.31 Å². The zero-order chi connectivity index (χ0) is 13.8. The third kappa shape index (κ3) is 4.04. The first-order chi connectivity index (χ1) is 9.08. The summed E-state index contributed by atoms with van der Waals surface area (Å²) < 4.78 is 34.7. The molecular formula is C12H23ClN2O3S. The molecule has 19 heavy (non-hydrogen) atoms. The average Bonchev–Trinajstić information content (AvgIpc) is 2.69. The number of halogens is 1. The van der Waals surface area contributed by atoms with Crippen molar-refractivity contribution in [1.82, 2.24) is 9.03 Å². The van der Waals surface area contributed by atoms with Crippen LogP contribution in [0.5, 0.6) is 0 Å². The molecule has 5 nitrogen and oxygen atoms in total. The molecule has 2 rings (SSSR count). The first-order valence-corrected chi connectivity index (χ1v) is 8.98. The molecular weight excluding hydrogens is 288 g/mol. The maximum Gasteiger partial charge on any atom is 0.279 e. The highest BCUT2D eigenvalue weighted by Gasteiger charge is 2.38. The molecule has 2 aliphatic rings. The predicted molar refractivity (Wildman–Crippen MR) is 75.6 cm³/mol. The van der Waals surface area contributed by atoms with E-state index < -0.39 is 15.7 Å². The third-order valence-electron chi connectivity index (χ3n) is 3.96. The van der Waals surface area contributed by atoms with Crippen LogP contribution < -0.4 is 4.72 Å². The van der Waals surface area contributed by atoms with Crippen LogP contribution in [0.1, 0.15) is 38.5 Å². The fourth-order valence-corrected chi connectivity index (χ4v) is 4.75. The molecule has 0 unspecified atom stereocenters. The van der Waals surface area contributed by atoms with E-state index in [0.717, 1.165) is 25.7 Å². The molecule has 7 heteroatoms. The Morgan fingerprint density at radius 3 is 2.21 bits per heavy atom. The largest absolute Gasteiger partial charge is 0.381 e. The number of hydrogen-bond acceptors (Lipinski definition) is 3. The van der Waals surface area contributed by atoms with Gasteiger partial charge in [0.25, 0.3) is 10.2 Å².